The summed E-state index contributed by atoms with van der Waals surface area (Å²) in [6, 6.07) is 4.70. The van der Waals surface area contributed by atoms with Crippen molar-refractivity contribution in [1.82, 2.24) is 4.90 Å². The molecule has 1 aromatic carbocycles. The van der Waals surface area contributed by atoms with E-state index < -0.39 is 0 Å². The number of carbonyl (C=O) groups is 1. The van der Waals surface area contributed by atoms with Gasteiger partial charge in [0, 0.05) is 19.2 Å². The van der Waals surface area contributed by atoms with Crippen LogP contribution in [-0.4, -0.2) is 48.3 Å². The summed E-state index contributed by atoms with van der Waals surface area (Å²) in [5.41, 5.74) is 0.294. The number of benzene rings is 1. The molecule has 1 saturated heterocycles. The first-order valence-electron chi connectivity index (χ1n) is 6.33. The molecule has 0 aliphatic carbocycles. The van der Waals surface area contributed by atoms with E-state index in [1.54, 1.807) is 17.0 Å². The van der Waals surface area contributed by atoms with Crippen molar-refractivity contribution in [2.75, 3.05) is 20.2 Å². The Hall–Kier alpha value is -1.75. The third-order valence-corrected chi connectivity index (χ3v) is 3.14. The summed E-state index contributed by atoms with van der Waals surface area (Å²) in [5, 5.41) is 9.90. The lowest BCUT2D eigenvalue weighted by Crippen LogP contribution is -2.48. The maximum absolute atomic E-state index is 12.4. The number of amides is 1. The van der Waals surface area contributed by atoms with Crippen molar-refractivity contribution in [3.63, 3.8) is 0 Å². The van der Waals surface area contributed by atoms with E-state index in [1.807, 2.05) is 13.8 Å². The molecule has 1 heterocycles. The smallest absolute Gasteiger partial charge is 0.257 e. The van der Waals surface area contributed by atoms with Crippen LogP contribution in [0.3, 0.4) is 0 Å². The van der Waals surface area contributed by atoms with E-state index in [2.05, 4.69) is 0 Å². The highest BCUT2D eigenvalue weighted by Gasteiger charge is 2.27. The molecule has 0 aromatic heterocycles. The van der Waals surface area contributed by atoms with Gasteiger partial charge in [-0.25, -0.2) is 0 Å². The molecule has 0 saturated carbocycles. The number of hydrogen-bond acceptors (Lipinski definition) is 4. The summed E-state index contributed by atoms with van der Waals surface area (Å²) in [6.07, 6.45) is 0.0150. The average molecular weight is 265 g/mol. The van der Waals surface area contributed by atoms with Gasteiger partial charge in [-0.2, -0.15) is 0 Å². The van der Waals surface area contributed by atoms with Crippen LogP contribution >= 0.6 is 0 Å². The number of hydrogen-bond donors (Lipinski definition) is 1. The van der Waals surface area contributed by atoms with E-state index in [9.17, 15) is 9.90 Å². The van der Waals surface area contributed by atoms with E-state index in [-0.39, 0.29) is 23.9 Å². The topological polar surface area (TPSA) is 59.0 Å². The lowest BCUT2D eigenvalue weighted by Gasteiger charge is -2.35. The molecule has 0 bridgehead atoms. The fraction of sp³-hybridized carbons (Fsp3) is 0.500. The fourth-order valence-electron chi connectivity index (χ4n) is 2.33. The van der Waals surface area contributed by atoms with Crippen LogP contribution in [0.2, 0.25) is 0 Å². The van der Waals surface area contributed by atoms with Gasteiger partial charge in [-0.1, -0.05) is 0 Å². The van der Waals surface area contributed by atoms with Crippen LogP contribution in [0.25, 0.3) is 0 Å². The molecule has 1 aliphatic rings. The normalized spacial score (nSPS) is 23.2. The van der Waals surface area contributed by atoms with Gasteiger partial charge < -0.3 is 19.5 Å². The monoisotopic (exact) mass is 265 g/mol. The molecule has 1 N–H and O–H groups in total. The van der Waals surface area contributed by atoms with E-state index in [0.717, 1.165) is 0 Å². The molecule has 1 amide bonds. The van der Waals surface area contributed by atoms with Gasteiger partial charge >= 0.3 is 0 Å². The van der Waals surface area contributed by atoms with Crippen LogP contribution in [0.5, 0.6) is 11.5 Å². The molecular weight excluding hydrogens is 246 g/mol. The Balaban J connectivity index is 2.19. The Morgan fingerprint density at radius 1 is 1.37 bits per heavy atom. The molecule has 2 atom stereocenters. The molecule has 1 fully saturated rings. The first-order valence-corrected chi connectivity index (χ1v) is 6.33. The minimum absolute atomic E-state index is 0.00749. The van der Waals surface area contributed by atoms with Gasteiger partial charge in [-0.15, -0.1) is 0 Å². The fourth-order valence-corrected chi connectivity index (χ4v) is 2.33. The largest absolute Gasteiger partial charge is 0.507 e. The highest BCUT2D eigenvalue weighted by molar-refractivity contribution is 5.97. The minimum atomic E-state index is -0.179. The predicted molar refractivity (Wildman–Crippen MR) is 70.6 cm³/mol. The van der Waals surface area contributed by atoms with Crippen molar-refractivity contribution in [1.29, 1.82) is 0 Å². The number of aromatic hydroxyl groups is 1. The summed E-state index contributed by atoms with van der Waals surface area (Å²) in [4.78, 5) is 14.1. The Bertz CT molecular complexity index is 465. The molecule has 104 valence electrons. The number of ether oxygens (including phenoxy) is 2. The zero-order valence-electron chi connectivity index (χ0n) is 11.4. The molecule has 0 radical (unpaired) electrons. The third kappa shape index (κ3) is 2.98. The van der Waals surface area contributed by atoms with Gasteiger partial charge in [0.15, 0.2) is 0 Å². The van der Waals surface area contributed by atoms with Gasteiger partial charge in [-0.05, 0) is 26.0 Å². The number of rotatable bonds is 2. The molecule has 0 unspecified atom stereocenters. The minimum Gasteiger partial charge on any atom is -0.507 e. The summed E-state index contributed by atoms with van der Waals surface area (Å²) in [7, 11) is 1.52. The van der Waals surface area contributed by atoms with Crippen LogP contribution in [0.15, 0.2) is 18.2 Å². The van der Waals surface area contributed by atoms with E-state index in [1.165, 1.54) is 13.2 Å². The molecular formula is C14H19NO4. The number of methoxy groups -OCH3 is 1. The molecule has 1 aromatic rings. The zero-order chi connectivity index (χ0) is 14.0. The second kappa shape index (κ2) is 5.48. The maximum atomic E-state index is 12.4. The molecule has 1 aliphatic heterocycles. The van der Waals surface area contributed by atoms with Gasteiger partial charge in [0.25, 0.3) is 5.91 Å². The number of carbonyl (C=O) groups excluding carboxylic acids is 1. The standard InChI is InChI=1S/C14H19NO4/c1-9-7-15(8-10(2)19-9)14(17)12-5-4-11(18-3)6-13(12)16/h4-6,9-10,16H,7-8H2,1-3H3/t9-,10-/m1/s1. The van der Waals surface area contributed by atoms with Gasteiger partial charge in [0.2, 0.25) is 0 Å². The lowest BCUT2D eigenvalue weighted by atomic mass is 10.1. The third-order valence-electron chi connectivity index (χ3n) is 3.14. The number of phenols is 1. The SMILES string of the molecule is COc1ccc(C(=O)N2C[C@@H](C)O[C@H](C)C2)c(O)c1. The molecule has 5 nitrogen and oxygen atoms in total. The van der Waals surface area contributed by atoms with Crippen molar-refractivity contribution < 1.29 is 19.4 Å². The van der Waals surface area contributed by atoms with Gasteiger partial charge in [-0.3, -0.25) is 4.79 Å². The second-order valence-electron chi connectivity index (χ2n) is 4.85. The Morgan fingerprint density at radius 2 is 2.00 bits per heavy atom. The van der Waals surface area contributed by atoms with Crippen LogP contribution < -0.4 is 4.74 Å². The Labute approximate surface area is 112 Å². The predicted octanol–water partition coefficient (Wildman–Crippen LogP) is 1.65. The van der Waals surface area contributed by atoms with Crippen molar-refractivity contribution >= 4 is 5.91 Å². The number of nitrogens with zero attached hydrogens (tertiary/aromatic N) is 1. The molecule has 19 heavy (non-hydrogen) atoms. The lowest BCUT2D eigenvalue weighted by molar-refractivity contribution is -0.0586. The van der Waals surface area contributed by atoms with Gasteiger partial charge in [0.1, 0.15) is 11.5 Å². The first kappa shape index (κ1) is 13.7. The van der Waals surface area contributed by atoms with Crippen LogP contribution in [0, 0.1) is 0 Å². The van der Waals surface area contributed by atoms with Crippen LogP contribution in [-0.2, 0) is 4.74 Å². The summed E-state index contributed by atoms with van der Waals surface area (Å²) < 4.78 is 10.6. The van der Waals surface area contributed by atoms with E-state index in [4.69, 9.17) is 9.47 Å². The molecule has 0 spiro atoms. The highest BCUT2D eigenvalue weighted by Crippen LogP contribution is 2.25. The molecule has 5 heteroatoms. The summed E-state index contributed by atoms with van der Waals surface area (Å²) in [5.74, 6) is 0.288. The zero-order valence-corrected chi connectivity index (χ0v) is 11.4. The van der Waals surface area contributed by atoms with E-state index in [0.29, 0.717) is 24.4 Å². The number of morpholine rings is 1. The maximum Gasteiger partial charge on any atom is 0.257 e. The Morgan fingerprint density at radius 3 is 2.53 bits per heavy atom. The average Bonchev–Trinajstić information content (AvgIpc) is 2.36. The Kier molecular flexibility index (Phi) is 3.95. The quantitative estimate of drug-likeness (QED) is 0.883. The number of phenolic OH excluding ortho intramolecular Hbond substituents is 1. The molecule has 2 rings (SSSR count). The highest BCUT2D eigenvalue weighted by atomic mass is 16.5. The van der Waals surface area contributed by atoms with Crippen LogP contribution in [0.4, 0.5) is 0 Å². The van der Waals surface area contributed by atoms with Crippen molar-refractivity contribution in [3.05, 3.63) is 23.8 Å². The second-order valence-corrected chi connectivity index (χ2v) is 4.85. The van der Waals surface area contributed by atoms with Crippen molar-refractivity contribution in [3.8, 4) is 11.5 Å². The first-order chi connectivity index (χ1) is 9.01. The van der Waals surface area contributed by atoms with Gasteiger partial charge in [0.05, 0.1) is 24.9 Å². The van der Waals surface area contributed by atoms with Crippen molar-refractivity contribution in [2.24, 2.45) is 0 Å². The summed E-state index contributed by atoms with van der Waals surface area (Å²) in [6.45, 7) is 4.94. The van der Waals surface area contributed by atoms with Crippen LogP contribution in [0.1, 0.15) is 24.2 Å². The summed E-state index contributed by atoms with van der Waals surface area (Å²) >= 11 is 0. The van der Waals surface area contributed by atoms with E-state index >= 15 is 0 Å². The van der Waals surface area contributed by atoms with Crippen molar-refractivity contribution in [2.45, 2.75) is 26.1 Å².